The molecular weight excluding hydrogens is 682 g/mol. The molecule has 0 unspecified atom stereocenters. The molecule has 0 spiro atoms. The van der Waals surface area contributed by atoms with Crippen LogP contribution in [0.4, 0.5) is 0 Å². The predicted octanol–water partition coefficient (Wildman–Crippen LogP) is 8.38. The van der Waals surface area contributed by atoms with Gasteiger partial charge in [0, 0.05) is 18.1 Å². The summed E-state index contributed by atoms with van der Waals surface area (Å²) in [6.45, 7) is 2.46. The zero-order chi connectivity index (χ0) is 32.8. The Kier molecular flexibility index (Phi) is 10.8. The van der Waals surface area contributed by atoms with Gasteiger partial charge in [-0.3, -0.25) is 0 Å². The van der Waals surface area contributed by atoms with E-state index < -0.39 is 18.1 Å². The molecule has 0 heterocycles. The maximum atomic E-state index is 7.00. The van der Waals surface area contributed by atoms with Crippen molar-refractivity contribution in [3.8, 4) is 0 Å². The molecule has 47 heavy (non-hydrogen) atoms. The third-order valence-electron chi connectivity index (χ3n) is 8.85. The summed E-state index contributed by atoms with van der Waals surface area (Å²) < 4.78 is 0. The van der Waals surface area contributed by atoms with Gasteiger partial charge in [-0.05, 0) is 55.7 Å². The summed E-state index contributed by atoms with van der Waals surface area (Å²) in [5.74, 6) is 0. The minimum absolute atomic E-state index is 0.288. The van der Waals surface area contributed by atoms with Crippen molar-refractivity contribution < 1.29 is 0 Å². The Balaban J connectivity index is 1.59. The number of rotatable bonds is 12. The molecule has 0 aliphatic carbocycles. The molecule has 6 aromatic rings. The molecule has 0 radical (unpaired) electrons. The van der Waals surface area contributed by atoms with Gasteiger partial charge in [-0.1, -0.05) is 224 Å². The maximum Gasteiger partial charge on any atom is 0.0111 e. The molecule has 0 saturated heterocycles. The summed E-state index contributed by atoms with van der Waals surface area (Å²) in [4.78, 5) is 0. The van der Waals surface area contributed by atoms with E-state index in [0.29, 0.717) is 0 Å². The molecule has 6 aromatic carbocycles. The minimum atomic E-state index is -2.31. The lowest BCUT2D eigenvalue weighted by atomic mass is 9.99. The van der Waals surface area contributed by atoms with Crippen molar-refractivity contribution >= 4 is 85.4 Å². The minimum Gasteiger partial charge on any atom is -0.0876 e. The SMILES string of the molecule is CC(CP(=S)(c1ccccc1)c1ccccc1)(CP(=S)(c1ccccc1)c1ccccc1)CP(=S)(c1ccccc1)c1ccccc1. The highest BCUT2D eigenvalue weighted by molar-refractivity contribution is 8.23. The summed E-state index contributed by atoms with van der Waals surface area (Å²) in [6.07, 6.45) is 2.50. The van der Waals surface area contributed by atoms with Gasteiger partial charge in [0.1, 0.15) is 0 Å². The lowest BCUT2D eigenvalue weighted by molar-refractivity contribution is 0.496. The first-order valence-electron chi connectivity index (χ1n) is 15.9. The van der Waals surface area contributed by atoms with E-state index in [0.717, 1.165) is 18.5 Å². The van der Waals surface area contributed by atoms with Gasteiger partial charge in [0.25, 0.3) is 0 Å². The topological polar surface area (TPSA) is 0 Å². The Hall–Kier alpha value is -2.73. The summed E-state index contributed by atoms with van der Waals surface area (Å²) in [6, 6.07) is 58.0. The molecule has 0 saturated carbocycles. The third kappa shape index (κ3) is 7.48. The Morgan fingerprint density at radius 1 is 0.319 bits per heavy atom. The van der Waals surface area contributed by atoms with Crippen LogP contribution in [-0.4, -0.2) is 18.5 Å². The summed E-state index contributed by atoms with van der Waals surface area (Å²) in [5, 5.41) is 7.46. The van der Waals surface area contributed by atoms with Crippen molar-refractivity contribution in [1.82, 2.24) is 0 Å². The van der Waals surface area contributed by atoms with E-state index in [4.69, 9.17) is 35.4 Å². The van der Waals surface area contributed by atoms with Crippen LogP contribution < -0.4 is 31.8 Å². The third-order valence-corrected chi connectivity index (χ3v) is 24.2. The van der Waals surface area contributed by atoms with Crippen LogP contribution in [0.25, 0.3) is 0 Å². The van der Waals surface area contributed by atoms with Crippen LogP contribution >= 0.6 is 18.1 Å². The number of hydrogen-bond donors (Lipinski definition) is 0. The van der Waals surface area contributed by atoms with E-state index in [1.165, 1.54) is 31.8 Å². The fraction of sp³-hybridized carbons (Fsp3) is 0.122. The van der Waals surface area contributed by atoms with Crippen LogP contribution in [0.1, 0.15) is 6.92 Å². The molecule has 0 aromatic heterocycles. The van der Waals surface area contributed by atoms with Crippen LogP contribution in [0.2, 0.25) is 0 Å². The van der Waals surface area contributed by atoms with Gasteiger partial charge in [0.2, 0.25) is 0 Å². The van der Waals surface area contributed by atoms with Crippen LogP contribution in [0.15, 0.2) is 182 Å². The van der Waals surface area contributed by atoms with E-state index in [2.05, 4.69) is 189 Å². The molecular formula is C41H39P3S3. The lowest BCUT2D eigenvalue weighted by Crippen LogP contribution is -2.39. The first-order valence-corrected chi connectivity index (χ1v) is 24.8. The van der Waals surface area contributed by atoms with Crippen molar-refractivity contribution in [2.24, 2.45) is 5.41 Å². The lowest BCUT2D eigenvalue weighted by Gasteiger charge is -2.43. The smallest absolute Gasteiger partial charge is 0.0111 e. The molecule has 0 fully saturated rings. The predicted molar refractivity (Wildman–Crippen MR) is 222 cm³/mol. The fourth-order valence-corrected chi connectivity index (χ4v) is 22.1. The van der Waals surface area contributed by atoms with Crippen molar-refractivity contribution in [2.75, 3.05) is 18.5 Å². The molecule has 0 bridgehead atoms. The van der Waals surface area contributed by atoms with Gasteiger partial charge >= 0.3 is 0 Å². The highest BCUT2D eigenvalue weighted by Gasteiger charge is 2.43. The second-order valence-electron chi connectivity index (χ2n) is 12.5. The van der Waals surface area contributed by atoms with Crippen LogP contribution in [0.5, 0.6) is 0 Å². The zero-order valence-corrected chi connectivity index (χ0v) is 31.6. The van der Waals surface area contributed by atoms with Crippen LogP contribution in [-0.2, 0) is 35.4 Å². The molecule has 0 N–H and O–H groups in total. The normalized spacial score (nSPS) is 12.4. The van der Waals surface area contributed by atoms with Crippen molar-refractivity contribution in [1.29, 1.82) is 0 Å². The van der Waals surface area contributed by atoms with E-state index in [-0.39, 0.29) is 5.41 Å². The monoisotopic (exact) mass is 720 g/mol. The average Bonchev–Trinajstić information content (AvgIpc) is 3.13. The molecule has 0 atom stereocenters. The first-order chi connectivity index (χ1) is 22.8. The first kappa shape index (κ1) is 34.1. The fourth-order valence-electron chi connectivity index (χ4n) is 6.77. The second-order valence-corrected chi connectivity index (χ2v) is 26.6. The highest BCUT2D eigenvalue weighted by atomic mass is 32.4. The van der Waals surface area contributed by atoms with Crippen molar-refractivity contribution in [3.05, 3.63) is 182 Å². The van der Waals surface area contributed by atoms with Crippen molar-refractivity contribution in [2.45, 2.75) is 6.92 Å². The standard InChI is InChI=1S/C41H39P3S3/c1-41(32-42(45,35-20-8-2-9-21-35)36-22-10-3-11-23-36,33-43(46,37-24-12-4-13-25-37)38-26-14-5-15-27-38)34-44(47,39-28-16-6-17-29-39)40-30-18-7-19-31-40/h2-31H,32-34H2,1H3. The molecule has 0 aliphatic heterocycles. The molecule has 0 aliphatic rings. The van der Waals surface area contributed by atoms with E-state index in [1.807, 2.05) is 0 Å². The van der Waals surface area contributed by atoms with Gasteiger partial charge in [0.05, 0.1) is 0 Å². The second kappa shape index (κ2) is 14.8. The Labute approximate surface area is 296 Å². The molecule has 0 amide bonds. The zero-order valence-electron chi connectivity index (χ0n) is 26.5. The number of hydrogen-bond acceptors (Lipinski definition) is 3. The van der Waals surface area contributed by atoms with Gasteiger partial charge in [0.15, 0.2) is 0 Å². The van der Waals surface area contributed by atoms with Crippen LogP contribution in [0.3, 0.4) is 0 Å². The quantitative estimate of drug-likeness (QED) is 0.117. The molecule has 6 heteroatoms. The van der Waals surface area contributed by atoms with Crippen LogP contribution in [0, 0.1) is 5.41 Å². The molecule has 236 valence electrons. The van der Waals surface area contributed by atoms with Gasteiger partial charge in [-0.25, -0.2) is 0 Å². The Morgan fingerprint density at radius 2 is 0.468 bits per heavy atom. The van der Waals surface area contributed by atoms with E-state index >= 15 is 0 Å². The highest BCUT2D eigenvalue weighted by Crippen LogP contribution is 2.60. The summed E-state index contributed by atoms with van der Waals surface area (Å²) in [7, 11) is 0. The van der Waals surface area contributed by atoms with Gasteiger partial charge < -0.3 is 0 Å². The number of benzene rings is 6. The summed E-state index contributed by atoms with van der Waals surface area (Å²) in [5.41, 5.74) is -0.288. The van der Waals surface area contributed by atoms with E-state index in [1.54, 1.807) is 0 Å². The van der Waals surface area contributed by atoms with Gasteiger partial charge in [-0.2, -0.15) is 0 Å². The van der Waals surface area contributed by atoms with Crippen molar-refractivity contribution in [3.63, 3.8) is 0 Å². The maximum absolute atomic E-state index is 7.00. The van der Waals surface area contributed by atoms with Gasteiger partial charge in [-0.15, -0.1) is 0 Å². The Morgan fingerprint density at radius 3 is 0.617 bits per heavy atom. The average molecular weight is 721 g/mol. The largest absolute Gasteiger partial charge is 0.0876 e. The molecule has 0 nitrogen and oxygen atoms in total. The summed E-state index contributed by atoms with van der Waals surface area (Å²) >= 11 is 21.0. The Bertz CT molecular complexity index is 1670. The van der Waals surface area contributed by atoms with E-state index in [9.17, 15) is 0 Å². The molecule has 6 rings (SSSR count).